The zero-order valence-corrected chi connectivity index (χ0v) is 34.9. The number of hydrogen-bond acceptors (Lipinski definition) is 4. The van der Waals surface area contributed by atoms with Gasteiger partial charge in [0.25, 0.3) is 0 Å². The Labute approximate surface area is 332 Å². The van der Waals surface area contributed by atoms with Gasteiger partial charge in [0.2, 0.25) is 0 Å². The third-order valence-electron chi connectivity index (χ3n) is 7.95. The van der Waals surface area contributed by atoms with E-state index in [0.29, 0.717) is 19.6 Å². The number of ether oxygens (including phenoxy) is 2. The summed E-state index contributed by atoms with van der Waals surface area (Å²) < 4.78 is 10.9. The maximum absolute atomic E-state index is 11.2. The van der Waals surface area contributed by atoms with E-state index in [-0.39, 0.29) is 11.9 Å². The van der Waals surface area contributed by atoms with Crippen LogP contribution in [0.1, 0.15) is 150 Å². The highest BCUT2D eigenvalue weighted by Crippen LogP contribution is 2.05. The van der Waals surface area contributed by atoms with E-state index in [2.05, 4.69) is 135 Å². The number of ketones is 1. The van der Waals surface area contributed by atoms with E-state index in [1.165, 1.54) is 0 Å². The Balaban J connectivity index is 0. The SMILES string of the molecule is CC/C=C\C/C=C\C/C=C\C/C=C\C/C=C\CCCCO[C@@H](CC)C(=O)O.CC/C=C\C/C=C\C/C=C\C/C=C\C/C=C\CCCCO[C@H](CC)C(C)=O. The third-order valence-corrected chi connectivity index (χ3v) is 7.95. The van der Waals surface area contributed by atoms with Crippen LogP contribution in [0, 0.1) is 0 Å². The van der Waals surface area contributed by atoms with Crippen LogP contribution >= 0.6 is 0 Å². The molecule has 0 bridgehead atoms. The Morgan fingerprint density at radius 2 is 0.704 bits per heavy atom. The standard InChI is InChI=1S/C25H40O2.C24H38O3/c1-4-6-7-8-9-10-11-12-13-14-15-16-17-18-19-20-21-22-23-27-25(5-2)24(3)26;1-3-5-6-7-8-9-10-11-12-13-14-15-16-17-18-19-20-21-22-27-23(4-2)24(25)26/h6-7,9-10,12-13,15-16,18-19,25H,4-5,8,11,14,17,20-23H2,1-3H3;5-6,8-9,11-12,14-15,17-18,23H,3-4,7,10,13,16,19-22H2,1-2H3,(H,25,26)/b7-6-,10-9-,13-12-,16-15-,19-18-;6-5-,9-8-,12-11-,15-14-,18-17-/t25-;23-/m10/s1. The van der Waals surface area contributed by atoms with Gasteiger partial charge < -0.3 is 14.6 Å². The van der Waals surface area contributed by atoms with Crippen molar-refractivity contribution >= 4 is 11.8 Å². The summed E-state index contributed by atoms with van der Waals surface area (Å²) in [6.07, 6.45) is 61.0. The van der Waals surface area contributed by atoms with E-state index in [9.17, 15) is 9.59 Å². The summed E-state index contributed by atoms with van der Waals surface area (Å²) >= 11 is 0. The van der Waals surface area contributed by atoms with E-state index in [0.717, 1.165) is 109 Å². The van der Waals surface area contributed by atoms with Crippen LogP contribution in [0.15, 0.2) is 122 Å². The molecule has 0 saturated heterocycles. The first kappa shape index (κ1) is 52.6. The van der Waals surface area contributed by atoms with Crippen LogP contribution in [0.4, 0.5) is 0 Å². The summed E-state index contributed by atoms with van der Waals surface area (Å²) in [6.45, 7) is 10.9. The number of hydrogen-bond donors (Lipinski definition) is 1. The molecule has 54 heavy (non-hydrogen) atoms. The van der Waals surface area contributed by atoms with Gasteiger partial charge in [0.1, 0.15) is 6.10 Å². The van der Waals surface area contributed by atoms with E-state index >= 15 is 0 Å². The van der Waals surface area contributed by atoms with Gasteiger partial charge in [-0.3, -0.25) is 4.79 Å². The molecule has 0 radical (unpaired) electrons. The van der Waals surface area contributed by atoms with Gasteiger partial charge in [-0.15, -0.1) is 0 Å². The summed E-state index contributed by atoms with van der Waals surface area (Å²) in [5, 5.41) is 8.87. The smallest absolute Gasteiger partial charge is 0.332 e. The van der Waals surface area contributed by atoms with Crippen LogP contribution < -0.4 is 0 Å². The average Bonchev–Trinajstić information content (AvgIpc) is 3.16. The second-order valence-electron chi connectivity index (χ2n) is 12.9. The molecular weight excluding hydrogens is 669 g/mol. The van der Waals surface area contributed by atoms with Crippen LogP contribution in [0.3, 0.4) is 0 Å². The molecule has 0 unspecified atom stereocenters. The highest BCUT2D eigenvalue weighted by atomic mass is 16.5. The minimum absolute atomic E-state index is 0.135. The van der Waals surface area contributed by atoms with E-state index < -0.39 is 12.1 Å². The fraction of sp³-hybridized carbons (Fsp3) is 0.551. The topological polar surface area (TPSA) is 72.8 Å². The highest BCUT2D eigenvalue weighted by molar-refractivity contribution is 5.80. The zero-order chi connectivity index (χ0) is 40.0. The minimum atomic E-state index is -0.865. The van der Waals surface area contributed by atoms with Crippen molar-refractivity contribution < 1.29 is 24.2 Å². The molecule has 0 aromatic carbocycles. The van der Waals surface area contributed by atoms with Crippen molar-refractivity contribution in [3.05, 3.63) is 122 Å². The summed E-state index contributed by atoms with van der Waals surface area (Å²) in [5.41, 5.74) is 0. The number of carboxylic acids is 1. The van der Waals surface area contributed by atoms with Crippen LogP contribution in [-0.2, 0) is 19.1 Å². The Morgan fingerprint density at radius 3 is 0.963 bits per heavy atom. The molecule has 0 fully saturated rings. The Kier molecular flexibility index (Phi) is 44.4. The molecule has 0 spiro atoms. The Hall–Kier alpha value is -3.54. The molecule has 0 amide bonds. The Bertz CT molecular complexity index is 1050. The first-order valence-electron chi connectivity index (χ1n) is 20.9. The van der Waals surface area contributed by atoms with Gasteiger partial charge in [0.15, 0.2) is 11.9 Å². The van der Waals surface area contributed by atoms with Gasteiger partial charge in [-0.1, -0.05) is 149 Å². The molecule has 0 saturated carbocycles. The minimum Gasteiger partial charge on any atom is -0.479 e. The molecule has 0 aliphatic heterocycles. The maximum atomic E-state index is 11.2. The Morgan fingerprint density at radius 1 is 0.426 bits per heavy atom. The first-order valence-corrected chi connectivity index (χ1v) is 20.9. The molecule has 0 aromatic heterocycles. The fourth-order valence-corrected chi connectivity index (χ4v) is 4.80. The summed E-state index contributed by atoms with van der Waals surface area (Å²) in [5.74, 6) is -0.731. The molecule has 0 heterocycles. The van der Waals surface area contributed by atoms with Crippen LogP contribution in [0.25, 0.3) is 0 Å². The highest BCUT2D eigenvalue weighted by Gasteiger charge is 2.14. The zero-order valence-electron chi connectivity index (χ0n) is 34.9. The van der Waals surface area contributed by atoms with Crippen molar-refractivity contribution in [2.45, 2.75) is 162 Å². The molecule has 5 nitrogen and oxygen atoms in total. The summed E-state index contributed by atoms with van der Waals surface area (Å²) in [7, 11) is 0. The quantitative estimate of drug-likeness (QED) is 0.0524. The number of allylic oxidation sites excluding steroid dienone is 20. The lowest BCUT2D eigenvalue weighted by molar-refractivity contribution is -0.150. The van der Waals surface area contributed by atoms with Gasteiger partial charge >= 0.3 is 5.97 Å². The first-order chi connectivity index (χ1) is 26.4. The molecule has 0 rings (SSSR count). The van der Waals surface area contributed by atoms with Crippen LogP contribution in [-0.4, -0.2) is 42.3 Å². The fourth-order valence-electron chi connectivity index (χ4n) is 4.80. The molecule has 2 atom stereocenters. The lowest BCUT2D eigenvalue weighted by atomic mass is 10.2. The summed E-state index contributed by atoms with van der Waals surface area (Å²) in [4.78, 5) is 22.0. The predicted octanol–water partition coefficient (Wildman–Crippen LogP) is 14.1. The predicted molar refractivity (Wildman–Crippen MR) is 235 cm³/mol. The molecule has 5 heteroatoms. The monoisotopic (exact) mass is 747 g/mol. The van der Waals surface area contributed by atoms with Crippen LogP contribution in [0.2, 0.25) is 0 Å². The van der Waals surface area contributed by atoms with Crippen LogP contribution in [0.5, 0.6) is 0 Å². The lowest BCUT2D eigenvalue weighted by Crippen LogP contribution is -2.23. The van der Waals surface area contributed by atoms with Crippen molar-refractivity contribution in [3.8, 4) is 0 Å². The van der Waals surface area contributed by atoms with Gasteiger partial charge in [-0.2, -0.15) is 0 Å². The number of rotatable bonds is 34. The van der Waals surface area contributed by atoms with Crippen molar-refractivity contribution in [2.75, 3.05) is 13.2 Å². The number of aliphatic carboxylic acids is 1. The number of unbranched alkanes of at least 4 members (excludes halogenated alkanes) is 4. The normalized spacial score (nSPS) is 13.9. The molecule has 304 valence electrons. The molecule has 1 N–H and O–H groups in total. The average molecular weight is 747 g/mol. The number of Topliss-reactive ketones (excluding diaryl/α,β-unsaturated/α-hetero) is 1. The molecular formula is C49H78O5. The summed E-state index contributed by atoms with van der Waals surface area (Å²) in [6, 6.07) is 0. The third kappa shape index (κ3) is 42.9. The maximum Gasteiger partial charge on any atom is 0.332 e. The second kappa shape index (κ2) is 45.6. The lowest BCUT2D eigenvalue weighted by Gasteiger charge is -2.12. The van der Waals surface area contributed by atoms with Crippen molar-refractivity contribution in [3.63, 3.8) is 0 Å². The molecule has 0 aliphatic rings. The van der Waals surface area contributed by atoms with E-state index in [1.54, 1.807) is 6.92 Å². The number of carbonyl (C=O) groups is 2. The van der Waals surface area contributed by atoms with Gasteiger partial charge in [0.05, 0.1) is 0 Å². The second-order valence-corrected chi connectivity index (χ2v) is 12.9. The van der Waals surface area contributed by atoms with Crippen molar-refractivity contribution in [1.82, 2.24) is 0 Å². The van der Waals surface area contributed by atoms with Gasteiger partial charge in [0, 0.05) is 13.2 Å². The van der Waals surface area contributed by atoms with E-state index in [4.69, 9.17) is 14.6 Å². The van der Waals surface area contributed by atoms with Gasteiger partial charge in [-0.25, -0.2) is 4.79 Å². The van der Waals surface area contributed by atoms with Gasteiger partial charge in [-0.05, 0) is 122 Å². The number of carbonyl (C=O) groups excluding carboxylic acids is 1. The molecule has 0 aliphatic carbocycles. The molecule has 0 aromatic rings. The largest absolute Gasteiger partial charge is 0.479 e. The number of carboxylic acid groups (broad SMARTS) is 1. The van der Waals surface area contributed by atoms with Crippen molar-refractivity contribution in [1.29, 1.82) is 0 Å². The van der Waals surface area contributed by atoms with Crippen molar-refractivity contribution in [2.24, 2.45) is 0 Å². The van der Waals surface area contributed by atoms with E-state index in [1.807, 2.05) is 13.8 Å².